The van der Waals surface area contributed by atoms with E-state index in [1.165, 1.54) is 36.4 Å². The molecule has 0 atom stereocenters. The van der Waals surface area contributed by atoms with Crippen LogP contribution in [-0.2, 0) is 4.79 Å². The Labute approximate surface area is 164 Å². The fourth-order valence-corrected chi connectivity index (χ4v) is 2.16. The molecule has 2 aromatic carbocycles. The average Bonchev–Trinajstić information content (AvgIpc) is 2.65. The number of nitro groups is 1. The molecule has 0 aromatic heterocycles. The molecule has 0 aliphatic rings. The number of amides is 2. The SMILES string of the molecule is O=C(C=Cc1cccc([N+](=O)[O-])c1)NC(=S)NNC(=O)c1ccc(Cl)cc1. The molecular weight excluding hydrogens is 392 g/mol. The van der Waals surface area contributed by atoms with Crippen molar-refractivity contribution in [2.75, 3.05) is 0 Å². The highest BCUT2D eigenvalue weighted by Gasteiger charge is 2.07. The first-order chi connectivity index (χ1) is 12.8. The Morgan fingerprint density at radius 3 is 2.48 bits per heavy atom. The Kier molecular flexibility index (Phi) is 6.98. The van der Waals surface area contributed by atoms with Gasteiger partial charge >= 0.3 is 0 Å². The standard InChI is InChI=1S/C17H13ClN4O4S/c18-13-7-5-12(6-8-13)16(24)20-21-17(27)19-15(23)9-4-11-2-1-3-14(10-11)22(25)26/h1-10H,(H,20,24)(H2,19,21,23,27). The first-order valence-electron chi connectivity index (χ1n) is 7.44. The molecule has 8 nitrogen and oxygen atoms in total. The number of nitrogens with one attached hydrogen (secondary N) is 3. The lowest BCUT2D eigenvalue weighted by Crippen LogP contribution is -2.48. The minimum atomic E-state index is -0.570. The van der Waals surface area contributed by atoms with Gasteiger partial charge in [0.05, 0.1) is 4.92 Å². The molecule has 3 N–H and O–H groups in total. The minimum absolute atomic E-state index is 0.0837. The maximum Gasteiger partial charge on any atom is 0.270 e. The number of hydrazine groups is 1. The lowest BCUT2D eigenvalue weighted by Gasteiger charge is -2.09. The molecule has 0 aliphatic heterocycles. The molecule has 2 rings (SSSR count). The zero-order valence-electron chi connectivity index (χ0n) is 13.6. The van der Waals surface area contributed by atoms with Crippen molar-refractivity contribution in [1.29, 1.82) is 0 Å². The van der Waals surface area contributed by atoms with E-state index in [1.807, 2.05) is 0 Å². The van der Waals surface area contributed by atoms with Crippen LogP contribution >= 0.6 is 23.8 Å². The van der Waals surface area contributed by atoms with Gasteiger partial charge in [-0.3, -0.25) is 35.9 Å². The second-order valence-corrected chi connectivity index (χ2v) is 5.93. The summed E-state index contributed by atoms with van der Waals surface area (Å²) in [6, 6.07) is 12.0. The van der Waals surface area contributed by atoms with Gasteiger partial charge in [-0.2, -0.15) is 0 Å². The fraction of sp³-hybridized carbons (Fsp3) is 0. The van der Waals surface area contributed by atoms with Gasteiger partial charge in [0.1, 0.15) is 0 Å². The summed E-state index contributed by atoms with van der Waals surface area (Å²) in [5.41, 5.74) is 5.47. The molecule has 0 saturated heterocycles. The number of carbonyl (C=O) groups excluding carboxylic acids is 2. The highest BCUT2D eigenvalue weighted by Crippen LogP contribution is 2.14. The molecule has 0 spiro atoms. The van der Waals surface area contributed by atoms with Gasteiger partial charge in [0.2, 0.25) is 5.91 Å². The van der Waals surface area contributed by atoms with E-state index in [-0.39, 0.29) is 10.8 Å². The number of rotatable bonds is 4. The lowest BCUT2D eigenvalue weighted by atomic mass is 10.2. The average molecular weight is 405 g/mol. The van der Waals surface area contributed by atoms with Crippen molar-refractivity contribution in [3.8, 4) is 0 Å². The van der Waals surface area contributed by atoms with Crippen LogP contribution in [-0.4, -0.2) is 21.9 Å². The largest absolute Gasteiger partial charge is 0.298 e. The molecule has 0 heterocycles. The molecule has 2 amide bonds. The van der Waals surface area contributed by atoms with E-state index in [9.17, 15) is 19.7 Å². The maximum atomic E-state index is 11.9. The second-order valence-electron chi connectivity index (χ2n) is 5.09. The molecule has 2 aromatic rings. The third kappa shape index (κ3) is 6.49. The van der Waals surface area contributed by atoms with Crippen LogP contribution in [0.1, 0.15) is 15.9 Å². The van der Waals surface area contributed by atoms with Gasteiger partial charge in [-0.15, -0.1) is 0 Å². The van der Waals surface area contributed by atoms with Gasteiger partial charge in [-0.25, -0.2) is 0 Å². The van der Waals surface area contributed by atoms with Crippen molar-refractivity contribution in [3.63, 3.8) is 0 Å². The topological polar surface area (TPSA) is 113 Å². The quantitative estimate of drug-likeness (QED) is 0.312. The summed E-state index contributed by atoms with van der Waals surface area (Å²) in [5, 5.41) is 13.4. The summed E-state index contributed by atoms with van der Waals surface area (Å²) in [5.74, 6) is -1.03. The molecule has 0 saturated carbocycles. The van der Waals surface area contributed by atoms with E-state index in [1.54, 1.807) is 18.2 Å². The predicted molar refractivity (Wildman–Crippen MR) is 105 cm³/mol. The van der Waals surface area contributed by atoms with E-state index in [0.717, 1.165) is 6.08 Å². The Bertz CT molecular complexity index is 915. The van der Waals surface area contributed by atoms with Gasteiger partial charge in [0, 0.05) is 28.8 Å². The number of hydrogen-bond acceptors (Lipinski definition) is 5. The van der Waals surface area contributed by atoms with Crippen molar-refractivity contribution < 1.29 is 14.5 Å². The zero-order chi connectivity index (χ0) is 19.8. The van der Waals surface area contributed by atoms with Gasteiger partial charge in [-0.1, -0.05) is 23.7 Å². The van der Waals surface area contributed by atoms with Crippen LogP contribution in [0.4, 0.5) is 5.69 Å². The summed E-state index contributed by atoms with van der Waals surface area (Å²) < 4.78 is 0. The van der Waals surface area contributed by atoms with Gasteiger partial charge in [-0.05, 0) is 48.1 Å². The number of carbonyl (C=O) groups is 2. The predicted octanol–water partition coefficient (Wildman–Crippen LogP) is 2.60. The molecule has 0 aliphatic carbocycles. The summed E-state index contributed by atoms with van der Waals surface area (Å²) in [6.45, 7) is 0. The van der Waals surface area contributed by atoms with Crippen LogP contribution in [0.5, 0.6) is 0 Å². The van der Waals surface area contributed by atoms with Crippen LogP contribution in [0.3, 0.4) is 0 Å². The van der Waals surface area contributed by atoms with E-state index in [2.05, 4.69) is 16.2 Å². The zero-order valence-corrected chi connectivity index (χ0v) is 15.2. The number of non-ortho nitro benzene ring substituents is 1. The molecule has 0 radical (unpaired) electrons. The normalized spacial score (nSPS) is 10.3. The van der Waals surface area contributed by atoms with Crippen molar-refractivity contribution >= 4 is 52.5 Å². The van der Waals surface area contributed by atoms with Crippen molar-refractivity contribution in [3.05, 3.63) is 80.9 Å². The van der Waals surface area contributed by atoms with Crippen molar-refractivity contribution in [2.45, 2.75) is 0 Å². The van der Waals surface area contributed by atoms with Gasteiger partial charge < -0.3 is 0 Å². The Balaban J connectivity index is 1.83. The molecule has 27 heavy (non-hydrogen) atoms. The Hall–Kier alpha value is -3.30. The molecule has 10 heteroatoms. The smallest absolute Gasteiger partial charge is 0.270 e. The van der Waals surface area contributed by atoms with Crippen molar-refractivity contribution in [2.24, 2.45) is 0 Å². The van der Waals surface area contributed by atoms with Crippen LogP contribution < -0.4 is 16.2 Å². The van der Waals surface area contributed by atoms with Crippen LogP contribution in [0, 0.1) is 10.1 Å². The van der Waals surface area contributed by atoms with Crippen LogP contribution in [0.15, 0.2) is 54.6 Å². The Morgan fingerprint density at radius 2 is 1.81 bits per heavy atom. The number of nitro benzene ring substituents is 1. The van der Waals surface area contributed by atoms with E-state index in [4.69, 9.17) is 23.8 Å². The van der Waals surface area contributed by atoms with Crippen LogP contribution in [0.2, 0.25) is 5.02 Å². The monoisotopic (exact) mass is 404 g/mol. The van der Waals surface area contributed by atoms with Crippen molar-refractivity contribution in [1.82, 2.24) is 16.2 Å². The highest BCUT2D eigenvalue weighted by molar-refractivity contribution is 7.80. The third-order valence-electron chi connectivity index (χ3n) is 3.14. The van der Waals surface area contributed by atoms with E-state index < -0.39 is 16.7 Å². The summed E-state index contributed by atoms with van der Waals surface area (Å²) in [7, 11) is 0. The summed E-state index contributed by atoms with van der Waals surface area (Å²) in [4.78, 5) is 33.9. The minimum Gasteiger partial charge on any atom is -0.298 e. The summed E-state index contributed by atoms with van der Waals surface area (Å²) >= 11 is 10.6. The first-order valence-corrected chi connectivity index (χ1v) is 8.23. The number of nitrogens with zero attached hydrogens (tertiary/aromatic N) is 1. The van der Waals surface area contributed by atoms with Crippen LogP contribution in [0.25, 0.3) is 6.08 Å². The number of thiocarbonyl (C=S) groups is 1. The van der Waals surface area contributed by atoms with Gasteiger partial charge in [0.25, 0.3) is 11.6 Å². The Morgan fingerprint density at radius 1 is 1.11 bits per heavy atom. The number of hydrogen-bond donors (Lipinski definition) is 3. The maximum absolute atomic E-state index is 11.9. The first kappa shape index (κ1) is 20.0. The molecule has 0 unspecified atom stereocenters. The lowest BCUT2D eigenvalue weighted by molar-refractivity contribution is -0.384. The van der Waals surface area contributed by atoms with E-state index >= 15 is 0 Å². The summed E-state index contributed by atoms with van der Waals surface area (Å²) in [6.07, 6.45) is 2.56. The molecule has 0 fully saturated rings. The highest BCUT2D eigenvalue weighted by atomic mass is 35.5. The number of halogens is 1. The molecule has 0 bridgehead atoms. The third-order valence-corrected chi connectivity index (χ3v) is 3.60. The molecule has 138 valence electrons. The fourth-order valence-electron chi connectivity index (χ4n) is 1.89. The molecular formula is C17H13ClN4O4S. The number of benzene rings is 2. The second kappa shape index (κ2) is 9.41. The van der Waals surface area contributed by atoms with E-state index in [0.29, 0.717) is 16.1 Å². The van der Waals surface area contributed by atoms with Gasteiger partial charge in [0.15, 0.2) is 5.11 Å².